The summed E-state index contributed by atoms with van der Waals surface area (Å²) in [6.45, 7) is 7.03. The fourth-order valence-corrected chi connectivity index (χ4v) is 3.17. The monoisotopic (exact) mass is 294 g/mol. The SMILES string of the molecule is CCN1C(N)=Nc2cc(-c3c(C)cccc3C)ccc2C1N. The Bertz CT molecular complexity index is 728. The Morgan fingerprint density at radius 3 is 2.45 bits per heavy atom. The van der Waals surface area contributed by atoms with Gasteiger partial charge in [-0.05, 0) is 49.1 Å². The molecule has 1 atom stereocenters. The van der Waals surface area contributed by atoms with Crippen molar-refractivity contribution in [2.24, 2.45) is 16.5 Å². The van der Waals surface area contributed by atoms with Gasteiger partial charge in [-0.2, -0.15) is 0 Å². The van der Waals surface area contributed by atoms with Crippen molar-refractivity contribution in [1.29, 1.82) is 0 Å². The van der Waals surface area contributed by atoms with Gasteiger partial charge in [0, 0.05) is 12.1 Å². The van der Waals surface area contributed by atoms with E-state index >= 15 is 0 Å². The van der Waals surface area contributed by atoms with Crippen LogP contribution in [0, 0.1) is 13.8 Å². The van der Waals surface area contributed by atoms with E-state index in [1.165, 1.54) is 16.7 Å². The molecule has 114 valence electrons. The first-order valence-electron chi connectivity index (χ1n) is 7.60. The van der Waals surface area contributed by atoms with E-state index in [4.69, 9.17) is 11.5 Å². The molecule has 1 aliphatic heterocycles. The molecule has 2 aromatic rings. The Hall–Kier alpha value is -2.33. The van der Waals surface area contributed by atoms with Gasteiger partial charge >= 0.3 is 0 Å². The zero-order valence-electron chi connectivity index (χ0n) is 13.3. The number of guanidine groups is 1. The van der Waals surface area contributed by atoms with Crippen LogP contribution in [0.4, 0.5) is 5.69 Å². The Morgan fingerprint density at radius 2 is 1.82 bits per heavy atom. The molecule has 0 aromatic heterocycles. The lowest BCUT2D eigenvalue weighted by Crippen LogP contribution is -2.45. The van der Waals surface area contributed by atoms with Crippen molar-refractivity contribution < 1.29 is 0 Å². The van der Waals surface area contributed by atoms with Crippen LogP contribution in [-0.4, -0.2) is 17.4 Å². The largest absolute Gasteiger partial charge is 0.369 e. The summed E-state index contributed by atoms with van der Waals surface area (Å²) >= 11 is 0. The van der Waals surface area contributed by atoms with Crippen LogP contribution in [0.2, 0.25) is 0 Å². The minimum absolute atomic E-state index is 0.232. The van der Waals surface area contributed by atoms with Gasteiger partial charge in [-0.25, -0.2) is 4.99 Å². The van der Waals surface area contributed by atoms with Crippen molar-refractivity contribution >= 4 is 11.6 Å². The van der Waals surface area contributed by atoms with Gasteiger partial charge < -0.3 is 16.4 Å². The normalized spacial score (nSPS) is 17.2. The summed E-state index contributed by atoms with van der Waals surface area (Å²) in [5.41, 5.74) is 19.2. The van der Waals surface area contributed by atoms with Crippen LogP contribution < -0.4 is 11.5 Å². The summed E-state index contributed by atoms with van der Waals surface area (Å²) in [4.78, 5) is 6.44. The molecule has 0 amide bonds. The second-order valence-electron chi connectivity index (χ2n) is 5.74. The van der Waals surface area contributed by atoms with Gasteiger partial charge in [-0.3, -0.25) is 0 Å². The summed E-state index contributed by atoms with van der Waals surface area (Å²) in [5, 5.41) is 0. The molecule has 4 heteroatoms. The standard InChI is InChI=1S/C18H22N4/c1-4-22-17(19)14-9-8-13(10-15(14)21-18(22)20)16-11(2)6-5-7-12(16)3/h5-10,17H,4,19H2,1-3H3,(H2,20,21). The van der Waals surface area contributed by atoms with Gasteiger partial charge in [0.1, 0.15) is 6.17 Å². The van der Waals surface area contributed by atoms with Gasteiger partial charge in [-0.1, -0.05) is 30.3 Å². The lowest BCUT2D eigenvalue weighted by molar-refractivity contribution is 0.330. The second kappa shape index (κ2) is 5.46. The summed E-state index contributed by atoms with van der Waals surface area (Å²) in [6, 6.07) is 12.6. The summed E-state index contributed by atoms with van der Waals surface area (Å²) in [5.74, 6) is 0.487. The zero-order valence-corrected chi connectivity index (χ0v) is 13.3. The summed E-state index contributed by atoms with van der Waals surface area (Å²) in [7, 11) is 0. The molecule has 0 bridgehead atoms. The number of rotatable bonds is 2. The molecule has 1 heterocycles. The van der Waals surface area contributed by atoms with E-state index in [9.17, 15) is 0 Å². The second-order valence-corrected chi connectivity index (χ2v) is 5.74. The molecular formula is C18H22N4. The van der Waals surface area contributed by atoms with Crippen LogP contribution in [0.15, 0.2) is 41.4 Å². The predicted octanol–water partition coefficient (Wildman–Crippen LogP) is 3.21. The molecule has 0 aliphatic carbocycles. The third-order valence-electron chi connectivity index (χ3n) is 4.32. The number of aryl methyl sites for hydroxylation is 2. The summed E-state index contributed by atoms with van der Waals surface area (Å²) in [6.07, 6.45) is -0.232. The Labute approximate surface area is 131 Å². The fraction of sp³-hybridized carbons (Fsp3) is 0.278. The first kappa shape index (κ1) is 14.6. The minimum atomic E-state index is -0.232. The Kier molecular flexibility index (Phi) is 3.62. The third-order valence-corrected chi connectivity index (χ3v) is 4.32. The van der Waals surface area contributed by atoms with E-state index in [0.717, 1.165) is 23.4 Å². The van der Waals surface area contributed by atoms with E-state index in [-0.39, 0.29) is 6.17 Å². The van der Waals surface area contributed by atoms with E-state index in [0.29, 0.717) is 5.96 Å². The summed E-state index contributed by atoms with van der Waals surface area (Å²) < 4.78 is 0. The van der Waals surface area contributed by atoms with Crippen LogP contribution in [0.5, 0.6) is 0 Å². The predicted molar refractivity (Wildman–Crippen MR) is 91.9 cm³/mol. The molecule has 1 unspecified atom stereocenters. The molecule has 2 aromatic carbocycles. The minimum Gasteiger partial charge on any atom is -0.369 e. The molecule has 0 radical (unpaired) electrons. The highest BCUT2D eigenvalue weighted by molar-refractivity contribution is 5.86. The van der Waals surface area contributed by atoms with Gasteiger partial charge in [0.25, 0.3) is 0 Å². The third kappa shape index (κ3) is 2.25. The molecule has 4 nitrogen and oxygen atoms in total. The van der Waals surface area contributed by atoms with Gasteiger partial charge in [-0.15, -0.1) is 0 Å². The van der Waals surface area contributed by atoms with Gasteiger partial charge in [0.2, 0.25) is 0 Å². The van der Waals surface area contributed by atoms with E-state index < -0.39 is 0 Å². The molecule has 0 saturated heterocycles. The highest BCUT2D eigenvalue weighted by atomic mass is 15.3. The zero-order chi connectivity index (χ0) is 15.9. The molecule has 4 N–H and O–H groups in total. The Balaban J connectivity index is 2.13. The molecule has 0 spiro atoms. The first-order valence-corrected chi connectivity index (χ1v) is 7.60. The number of aliphatic imine (C=N–C) groups is 1. The number of benzene rings is 2. The number of nitrogens with zero attached hydrogens (tertiary/aromatic N) is 2. The smallest absolute Gasteiger partial charge is 0.198 e. The molecule has 3 rings (SSSR count). The average molecular weight is 294 g/mol. The van der Waals surface area contributed by atoms with E-state index in [1.54, 1.807) is 0 Å². The quantitative estimate of drug-likeness (QED) is 0.893. The Morgan fingerprint density at radius 1 is 1.14 bits per heavy atom. The molecule has 0 saturated carbocycles. The lowest BCUT2D eigenvalue weighted by Gasteiger charge is -2.33. The van der Waals surface area contributed by atoms with Crippen molar-refractivity contribution in [2.75, 3.05) is 6.54 Å². The maximum Gasteiger partial charge on any atom is 0.198 e. The first-order chi connectivity index (χ1) is 10.5. The lowest BCUT2D eigenvalue weighted by atomic mass is 9.93. The molecule has 0 fully saturated rings. The molecular weight excluding hydrogens is 272 g/mol. The molecule has 1 aliphatic rings. The van der Waals surface area contributed by atoms with Crippen LogP contribution in [0.3, 0.4) is 0 Å². The topological polar surface area (TPSA) is 67.6 Å². The maximum absolute atomic E-state index is 6.31. The highest BCUT2D eigenvalue weighted by Gasteiger charge is 2.24. The van der Waals surface area contributed by atoms with E-state index in [1.807, 2.05) is 11.8 Å². The highest BCUT2D eigenvalue weighted by Crippen LogP contribution is 2.36. The van der Waals surface area contributed by atoms with Crippen LogP contribution in [0.1, 0.15) is 29.8 Å². The van der Waals surface area contributed by atoms with Crippen molar-refractivity contribution in [1.82, 2.24) is 4.90 Å². The maximum atomic E-state index is 6.31. The van der Waals surface area contributed by atoms with Crippen LogP contribution in [0.25, 0.3) is 11.1 Å². The van der Waals surface area contributed by atoms with Crippen molar-refractivity contribution in [3.05, 3.63) is 53.1 Å². The van der Waals surface area contributed by atoms with E-state index in [2.05, 4.69) is 55.2 Å². The fourth-order valence-electron chi connectivity index (χ4n) is 3.17. The number of nitrogens with two attached hydrogens (primary N) is 2. The van der Waals surface area contributed by atoms with Crippen LogP contribution in [-0.2, 0) is 0 Å². The number of hydrogen-bond acceptors (Lipinski definition) is 4. The number of fused-ring (bicyclic) bond motifs is 1. The van der Waals surface area contributed by atoms with Gasteiger partial charge in [0.05, 0.1) is 5.69 Å². The van der Waals surface area contributed by atoms with Gasteiger partial charge in [0.15, 0.2) is 5.96 Å². The van der Waals surface area contributed by atoms with Crippen molar-refractivity contribution in [3.8, 4) is 11.1 Å². The average Bonchev–Trinajstić information content (AvgIpc) is 2.47. The molecule has 22 heavy (non-hydrogen) atoms. The van der Waals surface area contributed by atoms with Crippen LogP contribution >= 0.6 is 0 Å². The van der Waals surface area contributed by atoms with Crippen molar-refractivity contribution in [2.45, 2.75) is 26.9 Å². The number of hydrogen-bond donors (Lipinski definition) is 2. The van der Waals surface area contributed by atoms with Crippen molar-refractivity contribution in [3.63, 3.8) is 0 Å².